The molecule has 1 saturated carbocycles. The Labute approximate surface area is 116 Å². The maximum absolute atomic E-state index is 4.59. The van der Waals surface area contributed by atoms with E-state index in [2.05, 4.69) is 27.4 Å². The summed E-state index contributed by atoms with van der Waals surface area (Å²) < 4.78 is 0. The molecule has 1 aromatic carbocycles. The third-order valence-electron chi connectivity index (χ3n) is 3.67. The van der Waals surface area contributed by atoms with Crippen LogP contribution >= 0.6 is 11.8 Å². The van der Waals surface area contributed by atoms with Crippen molar-refractivity contribution in [3.05, 3.63) is 36.5 Å². The lowest BCUT2D eigenvalue weighted by atomic mass is 10.2. The molecule has 1 N–H and O–H groups in total. The lowest BCUT2D eigenvalue weighted by molar-refractivity contribution is 0.773. The lowest BCUT2D eigenvalue weighted by Gasteiger charge is -2.08. The summed E-state index contributed by atoms with van der Waals surface area (Å²) in [6.07, 6.45) is 4.66. The molecule has 2 aromatic rings. The molecule has 1 unspecified atom stereocenters. The Morgan fingerprint density at radius 2 is 2.11 bits per heavy atom. The fraction of sp³-hybridized carbons (Fsp3) is 0.333. The molecule has 2 aliphatic rings. The van der Waals surface area contributed by atoms with Crippen LogP contribution in [-0.2, 0) is 0 Å². The van der Waals surface area contributed by atoms with Gasteiger partial charge in [0.25, 0.3) is 0 Å². The molecular formula is C15H15N3S. The van der Waals surface area contributed by atoms with Crippen LogP contribution in [0, 0.1) is 5.92 Å². The van der Waals surface area contributed by atoms with Gasteiger partial charge in [-0.1, -0.05) is 30.0 Å². The summed E-state index contributed by atoms with van der Waals surface area (Å²) in [7, 11) is 0. The molecule has 0 spiro atoms. The van der Waals surface area contributed by atoms with Gasteiger partial charge in [-0.25, -0.2) is 0 Å². The number of anilines is 1. The molecule has 1 atom stereocenters. The van der Waals surface area contributed by atoms with Crippen LogP contribution in [0.3, 0.4) is 0 Å². The quantitative estimate of drug-likeness (QED) is 0.906. The number of hydrogen-bond donors (Lipinski definition) is 1. The molecule has 3 nitrogen and oxygen atoms in total. The zero-order chi connectivity index (χ0) is 12.7. The van der Waals surface area contributed by atoms with E-state index in [1.807, 2.05) is 36.2 Å². The first-order valence-corrected chi connectivity index (χ1v) is 7.59. The van der Waals surface area contributed by atoms with E-state index in [4.69, 9.17) is 0 Å². The fourth-order valence-corrected chi connectivity index (χ4v) is 3.66. The summed E-state index contributed by atoms with van der Waals surface area (Å²) in [5.41, 5.74) is 2.06. The minimum absolute atomic E-state index is 0.705. The average molecular weight is 269 g/mol. The number of rotatable bonds is 2. The van der Waals surface area contributed by atoms with Gasteiger partial charge in [0.15, 0.2) is 5.17 Å². The largest absolute Gasteiger partial charge is 0.334 e. The first-order valence-electron chi connectivity index (χ1n) is 6.71. The van der Waals surface area contributed by atoms with E-state index in [0.29, 0.717) is 5.25 Å². The van der Waals surface area contributed by atoms with Crippen LogP contribution in [0.4, 0.5) is 5.69 Å². The minimum atomic E-state index is 0.705. The highest BCUT2D eigenvalue weighted by molar-refractivity contribution is 8.15. The van der Waals surface area contributed by atoms with Gasteiger partial charge in [-0.05, 0) is 30.9 Å². The van der Waals surface area contributed by atoms with Gasteiger partial charge in [0, 0.05) is 10.6 Å². The number of thioether (sulfide) groups is 1. The molecule has 1 fully saturated rings. The summed E-state index contributed by atoms with van der Waals surface area (Å²) in [5.74, 6) is 0.905. The fourth-order valence-electron chi connectivity index (χ4n) is 2.44. The number of amidine groups is 1. The van der Waals surface area contributed by atoms with E-state index in [-0.39, 0.29) is 0 Å². The van der Waals surface area contributed by atoms with Crippen LogP contribution in [-0.4, -0.2) is 21.9 Å². The van der Waals surface area contributed by atoms with Gasteiger partial charge in [0.2, 0.25) is 0 Å². The molecule has 0 radical (unpaired) electrons. The molecular weight excluding hydrogens is 254 g/mol. The van der Waals surface area contributed by atoms with Gasteiger partial charge in [-0.2, -0.15) is 0 Å². The predicted octanol–water partition coefficient (Wildman–Crippen LogP) is 3.53. The second-order valence-electron chi connectivity index (χ2n) is 5.18. The van der Waals surface area contributed by atoms with Crippen molar-refractivity contribution in [3.63, 3.8) is 0 Å². The summed E-state index contributed by atoms with van der Waals surface area (Å²) in [6, 6.07) is 10.3. The van der Waals surface area contributed by atoms with E-state index in [9.17, 15) is 0 Å². The van der Waals surface area contributed by atoms with Gasteiger partial charge < -0.3 is 5.32 Å². The Balaban J connectivity index is 1.52. The van der Waals surface area contributed by atoms with Crippen LogP contribution in [0.5, 0.6) is 0 Å². The van der Waals surface area contributed by atoms with Crippen molar-refractivity contribution >= 4 is 33.5 Å². The SMILES string of the molecule is c1ccc2ncc(NC3=NCC(C4CC4)S3)cc2c1. The molecule has 0 amide bonds. The van der Waals surface area contributed by atoms with Crippen molar-refractivity contribution < 1.29 is 0 Å². The number of para-hydroxylation sites is 1. The summed E-state index contributed by atoms with van der Waals surface area (Å²) in [4.78, 5) is 9.06. The highest BCUT2D eigenvalue weighted by Gasteiger charge is 2.35. The third kappa shape index (κ3) is 2.32. The molecule has 1 aromatic heterocycles. The first kappa shape index (κ1) is 11.3. The number of aromatic nitrogens is 1. The number of nitrogens with zero attached hydrogens (tertiary/aromatic N) is 2. The van der Waals surface area contributed by atoms with Crippen molar-refractivity contribution in [2.75, 3.05) is 11.9 Å². The molecule has 96 valence electrons. The summed E-state index contributed by atoms with van der Waals surface area (Å²) >= 11 is 1.89. The van der Waals surface area contributed by atoms with E-state index in [0.717, 1.165) is 34.2 Å². The van der Waals surface area contributed by atoms with Gasteiger partial charge in [-0.15, -0.1) is 0 Å². The van der Waals surface area contributed by atoms with Crippen LogP contribution in [0.1, 0.15) is 12.8 Å². The van der Waals surface area contributed by atoms with Crippen LogP contribution in [0.2, 0.25) is 0 Å². The van der Waals surface area contributed by atoms with Gasteiger partial charge >= 0.3 is 0 Å². The van der Waals surface area contributed by atoms with E-state index < -0.39 is 0 Å². The van der Waals surface area contributed by atoms with E-state index >= 15 is 0 Å². The standard InChI is InChI=1S/C15H15N3S/c1-2-4-13-11(3-1)7-12(8-16-13)18-15-17-9-14(19-15)10-5-6-10/h1-4,7-8,10,14H,5-6,9H2,(H,17,18). The predicted molar refractivity (Wildman–Crippen MR) is 81.8 cm³/mol. The molecule has 1 aliphatic carbocycles. The third-order valence-corrected chi connectivity index (χ3v) is 4.96. The normalized spacial score (nSPS) is 22.5. The van der Waals surface area contributed by atoms with E-state index in [1.165, 1.54) is 12.8 Å². The smallest absolute Gasteiger partial charge is 0.161 e. The first-order chi connectivity index (χ1) is 9.38. The summed E-state index contributed by atoms with van der Waals surface area (Å²) in [5, 5.41) is 6.31. The monoisotopic (exact) mass is 269 g/mol. The molecule has 0 bridgehead atoms. The van der Waals surface area contributed by atoms with Crippen molar-refractivity contribution in [2.24, 2.45) is 10.9 Å². The Bertz CT molecular complexity index is 649. The van der Waals surface area contributed by atoms with Crippen molar-refractivity contribution in [2.45, 2.75) is 18.1 Å². The van der Waals surface area contributed by atoms with Gasteiger partial charge in [-0.3, -0.25) is 9.98 Å². The van der Waals surface area contributed by atoms with E-state index in [1.54, 1.807) is 0 Å². The zero-order valence-electron chi connectivity index (χ0n) is 10.5. The maximum Gasteiger partial charge on any atom is 0.161 e. The number of aliphatic imine (C=N–C) groups is 1. The lowest BCUT2D eigenvalue weighted by Crippen LogP contribution is -2.09. The number of nitrogens with one attached hydrogen (secondary N) is 1. The Hall–Kier alpha value is -1.55. The molecule has 4 heteroatoms. The molecule has 2 heterocycles. The number of benzene rings is 1. The maximum atomic E-state index is 4.59. The summed E-state index contributed by atoms with van der Waals surface area (Å²) in [6.45, 7) is 0.971. The number of hydrogen-bond acceptors (Lipinski definition) is 4. The van der Waals surface area contributed by atoms with Crippen molar-refractivity contribution in [3.8, 4) is 0 Å². The van der Waals surface area contributed by atoms with Gasteiger partial charge in [0.05, 0.1) is 23.9 Å². The molecule has 4 rings (SSSR count). The molecule has 1 aliphatic heterocycles. The Kier molecular flexibility index (Phi) is 2.69. The second kappa shape index (κ2) is 4.53. The Morgan fingerprint density at radius 3 is 3.00 bits per heavy atom. The second-order valence-corrected chi connectivity index (χ2v) is 6.41. The van der Waals surface area contributed by atoms with Crippen molar-refractivity contribution in [1.29, 1.82) is 0 Å². The number of pyridine rings is 1. The minimum Gasteiger partial charge on any atom is -0.334 e. The van der Waals surface area contributed by atoms with Crippen molar-refractivity contribution in [1.82, 2.24) is 4.98 Å². The number of fused-ring (bicyclic) bond motifs is 1. The van der Waals surface area contributed by atoms with Crippen LogP contribution < -0.4 is 5.32 Å². The average Bonchev–Trinajstić information content (AvgIpc) is 3.20. The van der Waals surface area contributed by atoms with Crippen LogP contribution in [0.25, 0.3) is 10.9 Å². The Morgan fingerprint density at radius 1 is 1.21 bits per heavy atom. The highest BCUT2D eigenvalue weighted by atomic mass is 32.2. The molecule has 19 heavy (non-hydrogen) atoms. The van der Waals surface area contributed by atoms with Crippen LogP contribution in [0.15, 0.2) is 41.5 Å². The topological polar surface area (TPSA) is 37.3 Å². The highest BCUT2D eigenvalue weighted by Crippen LogP contribution is 2.41. The molecule has 0 saturated heterocycles. The zero-order valence-corrected chi connectivity index (χ0v) is 11.4. The van der Waals surface area contributed by atoms with Gasteiger partial charge in [0.1, 0.15) is 0 Å².